The van der Waals surface area contributed by atoms with Gasteiger partial charge in [0.05, 0.1) is 29.0 Å². The smallest absolute Gasteiger partial charge is 0.416 e. The quantitative estimate of drug-likeness (QED) is 0.571. The van der Waals surface area contributed by atoms with Crippen LogP contribution < -0.4 is 10.1 Å². The Labute approximate surface area is 169 Å². The number of amides is 3. The van der Waals surface area contributed by atoms with Gasteiger partial charge in [0.15, 0.2) is 0 Å². The summed E-state index contributed by atoms with van der Waals surface area (Å²) in [6, 6.07) is 6.58. The first-order chi connectivity index (χ1) is 14.1. The molecule has 10 heteroatoms. The second-order valence-electron chi connectivity index (χ2n) is 6.43. The first kappa shape index (κ1) is 21.3. The van der Waals surface area contributed by atoms with E-state index in [1.807, 2.05) is 0 Å². The summed E-state index contributed by atoms with van der Waals surface area (Å²) in [7, 11) is 2.76. The van der Waals surface area contributed by atoms with Crippen molar-refractivity contribution in [3.05, 3.63) is 58.7 Å². The second-order valence-corrected chi connectivity index (χ2v) is 6.43. The monoisotopic (exact) mass is 422 g/mol. The molecule has 0 bridgehead atoms. The van der Waals surface area contributed by atoms with Crippen LogP contribution in [0.4, 0.5) is 18.9 Å². The Kier molecular flexibility index (Phi) is 5.79. The van der Waals surface area contributed by atoms with Gasteiger partial charge >= 0.3 is 6.18 Å². The predicted molar refractivity (Wildman–Crippen MR) is 99.6 cm³/mol. The lowest BCUT2D eigenvalue weighted by molar-refractivity contribution is -0.137. The Morgan fingerprint density at radius 2 is 1.73 bits per heavy atom. The molecule has 0 aliphatic carbocycles. The number of nitrogens with zero attached hydrogens (tertiary/aromatic N) is 1. The van der Waals surface area contributed by atoms with Gasteiger partial charge in [0.1, 0.15) is 12.4 Å². The highest BCUT2D eigenvalue weighted by Gasteiger charge is 2.34. The molecule has 1 aliphatic heterocycles. The normalized spacial score (nSPS) is 13.4. The molecule has 0 spiro atoms. The van der Waals surface area contributed by atoms with Crippen molar-refractivity contribution in [1.82, 2.24) is 4.90 Å². The van der Waals surface area contributed by atoms with Crippen LogP contribution in [-0.2, 0) is 10.9 Å². The van der Waals surface area contributed by atoms with Crippen LogP contribution in [0.2, 0.25) is 0 Å². The molecule has 2 aromatic rings. The van der Waals surface area contributed by atoms with Crippen molar-refractivity contribution < 1.29 is 37.0 Å². The van der Waals surface area contributed by atoms with Crippen LogP contribution in [0.5, 0.6) is 5.75 Å². The molecule has 0 radical (unpaired) electrons. The third kappa shape index (κ3) is 4.13. The van der Waals surface area contributed by atoms with E-state index in [2.05, 4.69) is 5.32 Å². The van der Waals surface area contributed by atoms with E-state index in [9.17, 15) is 27.6 Å². The minimum Gasteiger partial charge on any atom is -0.489 e. The van der Waals surface area contributed by atoms with E-state index < -0.39 is 29.5 Å². The third-order valence-electron chi connectivity index (χ3n) is 4.45. The van der Waals surface area contributed by atoms with Gasteiger partial charge in [-0.2, -0.15) is 13.2 Å². The zero-order chi connectivity index (χ0) is 22.1. The standard InChI is InChI=1S/C20H17F3N2O5/c1-25-18(27)13-5-3-11(9-14(13)19(25)28)17(26)24-15-10-12(20(21,22)23)4-6-16(15)30-8-7-29-2/h3-6,9-10H,7-8H2,1-2H3,(H,24,26). The highest BCUT2D eigenvalue weighted by molar-refractivity contribution is 6.22. The molecule has 30 heavy (non-hydrogen) atoms. The number of carbonyl (C=O) groups is 3. The number of hydrogen-bond acceptors (Lipinski definition) is 5. The number of rotatable bonds is 6. The molecule has 1 N–H and O–H groups in total. The highest BCUT2D eigenvalue weighted by atomic mass is 19.4. The van der Waals surface area contributed by atoms with Gasteiger partial charge in [-0.3, -0.25) is 19.3 Å². The fraction of sp³-hybridized carbons (Fsp3) is 0.250. The van der Waals surface area contributed by atoms with Gasteiger partial charge in [0, 0.05) is 19.7 Å². The van der Waals surface area contributed by atoms with Crippen molar-refractivity contribution in [2.45, 2.75) is 6.18 Å². The van der Waals surface area contributed by atoms with Gasteiger partial charge in [0.2, 0.25) is 0 Å². The lowest BCUT2D eigenvalue weighted by atomic mass is 10.0. The van der Waals surface area contributed by atoms with Crippen LogP contribution in [0.25, 0.3) is 0 Å². The van der Waals surface area contributed by atoms with Gasteiger partial charge in [-0.05, 0) is 36.4 Å². The summed E-state index contributed by atoms with van der Waals surface area (Å²) in [6.45, 7) is 0.259. The van der Waals surface area contributed by atoms with Gasteiger partial charge < -0.3 is 14.8 Å². The molecular weight excluding hydrogens is 405 g/mol. The van der Waals surface area contributed by atoms with Crippen molar-refractivity contribution >= 4 is 23.4 Å². The molecule has 0 fully saturated rings. The van der Waals surface area contributed by atoms with Crippen LogP contribution in [0, 0.1) is 0 Å². The van der Waals surface area contributed by atoms with Crippen molar-refractivity contribution in [3.63, 3.8) is 0 Å². The number of methoxy groups -OCH3 is 1. The van der Waals surface area contributed by atoms with Crippen LogP contribution in [-0.4, -0.2) is 50.0 Å². The molecular formula is C20H17F3N2O5. The van der Waals surface area contributed by atoms with Crippen LogP contribution in [0.3, 0.4) is 0 Å². The van der Waals surface area contributed by atoms with Crippen molar-refractivity contribution in [1.29, 1.82) is 0 Å². The summed E-state index contributed by atoms with van der Waals surface area (Å²) < 4.78 is 49.5. The Bertz CT molecular complexity index is 1020. The summed E-state index contributed by atoms with van der Waals surface area (Å²) in [5, 5.41) is 2.38. The lowest BCUT2D eigenvalue weighted by Crippen LogP contribution is -2.24. The van der Waals surface area contributed by atoms with E-state index in [0.29, 0.717) is 0 Å². The molecule has 7 nitrogen and oxygen atoms in total. The number of carbonyl (C=O) groups excluding carboxylic acids is 3. The highest BCUT2D eigenvalue weighted by Crippen LogP contribution is 2.35. The average Bonchev–Trinajstić information content (AvgIpc) is 2.92. The maximum Gasteiger partial charge on any atom is 0.416 e. The summed E-state index contributed by atoms with van der Waals surface area (Å²) in [6.07, 6.45) is -4.62. The first-order valence-corrected chi connectivity index (χ1v) is 8.74. The minimum atomic E-state index is -4.62. The number of alkyl halides is 3. The number of hydrogen-bond donors (Lipinski definition) is 1. The number of imide groups is 1. The first-order valence-electron chi connectivity index (χ1n) is 8.74. The number of fused-ring (bicyclic) bond motifs is 1. The maximum atomic E-state index is 13.1. The zero-order valence-corrected chi connectivity index (χ0v) is 16.0. The van der Waals surface area contributed by atoms with Crippen LogP contribution in [0.15, 0.2) is 36.4 Å². The molecule has 2 aromatic carbocycles. The van der Waals surface area contributed by atoms with Crippen LogP contribution in [0.1, 0.15) is 36.6 Å². The number of benzene rings is 2. The molecule has 0 saturated carbocycles. The zero-order valence-electron chi connectivity index (χ0n) is 16.0. The fourth-order valence-electron chi connectivity index (χ4n) is 2.86. The molecule has 0 atom stereocenters. The van der Waals surface area contributed by atoms with Gasteiger partial charge in [-0.25, -0.2) is 0 Å². The van der Waals surface area contributed by atoms with Crippen molar-refractivity contribution in [3.8, 4) is 5.75 Å². The predicted octanol–water partition coefficient (Wildman–Crippen LogP) is 3.21. The molecule has 1 heterocycles. The summed E-state index contributed by atoms with van der Waals surface area (Å²) in [4.78, 5) is 37.6. The minimum absolute atomic E-state index is 0.00505. The van der Waals surface area contributed by atoms with E-state index in [1.54, 1.807) is 0 Å². The Morgan fingerprint density at radius 3 is 2.40 bits per heavy atom. The van der Waals surface area contributed by atoms with Crippen LogP contribution >= 0.6 is 0 Å². The summed E-state index contributed by atoms with van der Waals surface area (Å²) >= 11 is 0. The lowest BCUT2D eigenvalue weighted by Gasteiger charge is -2.15. The van der Waals surface area contributed by atoms with E-state index >= 15 is 0 Å². The van der Waals surface area contributed by atoms with Crippen molar-refractivity contribution in [2.75, 3.05) is 32.7 Å². The fourth-order valence-corrected chi connectivity index (χ4v) is 2.86. The van der Waals surface area contributed by atoms with Crippen molar-refractivity contribution in [2.24, 2.45) is 0 Å². The molecule has 0 unspecified atom stereocenters. The number of anilines is 1. The SMILES string of the molecule is COCCOc1ccc(C(F)(F)F)cc1NC(=O)c1ccc2c(c1)C(=O)N(C)C2=O. The average molecular weight is 422 g/mol. The molecule has 0 aromatic heterocycles. The third-order valence-corrected chi connectivity index (χ3v) is 4.45. The van der Waals surface area contributed by atoms with Gasteiger partial charge in [-0.15, -0.1) is 0 Å². The number of ether oxygens (including phenoxy) is 2. The number of nitrogens with one attached hydrogen (secondary N) is 1. The Morgan fingerprint density at radius 1 is 1.03 bits per heavy atom. The second kappa shape index (κ2) is 8.15. The molecule has 158 valence electrons. The van der Waals surface area contributed by atoms with E-state index in [-0.39, 0.29) is 41.3 Å². The van der Waals surface area contributed by atoms with Gasteiger partial charge in [-0.1, -0.05) is 0 Å². The summed E-state index contributed by atoms with van der Waals surface area (Å²) in [5.41, 5.74) is -0.942. The summed E-state index contributed by atoms with van der Waals surface area (Å²) in [5.74, 6) is -1.79. The van der Waals surface area contributed by atoms with E-state index in [0.717, 1.165) is 23.1 Å². The molecule has 3 amide bonds. The topological polar surface area (TPSA) is 84.9 Å². The molecule has 0 saturated heterocycles. The Hall–Kier alpha value is -3.40. The number of halogens is 3. The largest absolute Gasteiger partial charge is 0.489 e. The Balaban J connectivity index is 1.90. The molecule has 1 aliphatic rings. The molecule has 3 rings (SSSR count). The maximum absolute atomic E-state index is 13.1. The van der Waals surface area contributed by atoms with E-state index in [4.69, 9.17) is 9.47 Å². The van der Waals surface area contributed by atoms with Gasteiger partial charge in [0.25, 0.3) is 17.7 Å². The van der Waals surface area contributed by atoms with E-state index in [1.165, 1.54) is 32.4 Å².